The standard InChI is InChI=1S/C11H10FN3O/c1-15-7-8(13-14-15)6-11(16)9-4-2-3-5-10(9)12/h2-5,7H,6H2,1H3. The molecule has 0 bridgehead atoms. The van der Waals surface area contributed by atoms with E-state index in [0.717, 1.165) is 0 Å². The van der Waals surface area contributed by atoms with E-state index in [9.17, 15) is 9.18 Å². The SMILES string of the molecule is Cn1cc(CC(=O)c2ccccc2F)nn1. The smallest absolute Gasteiger partial charge is 0.171 e. The zero-order valence-electron chi connectivity index (χ0n) is 8.72. The van der Waals surface area contributed by atoms with E-state index in [-0.39, 0.29) is 17.8 Å². The van der Waals surface area contributed by atoms with Crippen molar-refractivity contribution < 1.29 is 9.18 Å². The summed E-state index contributed by atoms with van der Waals surface area (Å²) in [6.45, 7) is 0. The summed E-state index contributed by atoms with van der Waals surface area (Å²) >= 11 is 0. The molecule has 1 heterocycles. The predicted molar refractivity (Wildman–Crippen MR) is 55.4 cm³/mol. The molecule has 5 heteroatoms. The molecule has 0 spiro atoms. The number of nitrogens with zero attached hydrogens (tertiary/aromatic N) is 3. The van der Waals surface area contributed by atoms with E-state index in [1.807, 2.05) is 0 Å². The summed E-state index contributed by atoms with van der Waals surface area (Å²) in [7, 11) is 1.71. The van der Waals surface area contributed by atoms with Gasteiger partial charge in [0, 0.05) is 13.2 Å². The molecule has 0 N–H and O–H groups in total. The molecular formula is C11H10FN3O. The molecule has 16 heavy (non-hydrogen) atoms. The summed E-state index contributed by atoms with van der Waals surface area (Å²) in [4.78, 5) is 11.7. The zero-order valence-corrected chi connectivity index (χ0v) is 8.72. The van der Waals surface area contributed by atoms with Crippen LogP contribution in [0.25, 0.3) is 0 Å². The maximum absolute atomic E-state index is 13.3. The Morgan fingerprint density at radius 1 is 1.44 bits per heavy atom. The van der Waals surface area contributed by atoms with E-state index in [1.54, 1.807) is 25.4 Å². The zero-order chi connectivity index (χ0) is 11.5. The van der Waals surface area contributed by atoms with E-state index in [1.165, 1.54) is 16.8 Å². The van der Waals surface area contributed by atoms with Gasteiger partial charge in [0.2, 0.25) is 0 Å². The van der Waals surface area contributed by atoms with Crippen LogP contribution in [0.3, 0.4) is 0 Å². The Bertz CT molecular complexity index is 521. The first-order valence-electron chi connectivity index (χ1n) is 4.80. The summed E-state index contributed by atoms with van der Waals surface area (Å²) < 4.78 is 14.8. The molecule has 0 aliphatic carbocycles. The molecule has 0 radical (unpaired) electrons. The molecule has 0 atom stereocenters. The predicted octanol–water partition coefficient (Wildman–Crippen LogP) is 1.38. The van der Waals surface area contributed by atoms with Gasteiger partial charge in [-0.25, -0.2) is 4.39 Å². The van der Waals surface area contributed by atoms with Crippen LogP contribution >= 0.6 is 0 Å². The normalized spacial score (nSPS) is 10.4. The van der Waals surface area contributed by atoms with Gasteiger partial charge < -0.3 is 0 Å². The molecule has 0 amide bonds. The third kappa shape index (κ3) is 2.13. The molecular weight excluding hydrogens is 209 g/mol. The Balaban J connectivity index is 2.18. The number of ketones is 1. The van der Waals surface area contributed by atoms with Crippen LogP contribution in [0.15, 0.2) is 30.5 Å². The number of aryl methyl sites for hydroxylation is 1. The molecule has 1 aromatic carbocycles. The van der Waals surface area contributed by atoms with Crippen molar-refractivity contribution in [2.75, 3.05) is 0 Å². The molecule has 0 unspecified atom stereocenters. The second-order valence-corrected chi connectivity index (χ2v) is 3.46. The number of halogens is 1. The Labute approximate surface area is 91.7 Å². The average Bonchev–Trinajstić information content (AvgIpc) is 2.64. The fraction of sp³-hybridized carbons (Fsp3) is 0.182. The van der Waals surface area contributed by atoms with Crippen molar-refractivity contribution in [2.24, 2.45) is 7.05 Å². The molecule has 4 nitrogen and oxygen atoms in total. The Morgan fingerprint density at radius 2 is 2.19 bits per heavy atom. The lowest BCUT2D eigenvalue weighted by Crippen LogP contribution is -2.06. The van der Waals surface area contributed by atoms with E-state index in [2.05, 4.69) is 10.3 Å². The maximum Gasteiger partial charge on any atom is 0.171 e. The summed E-state index contributed by atoms with van der Waals surface area (Å²) in [5.74, 6) is -0.796. The van der Waals surface area contributed by atoms with Crippen LogP contribution in [-0.4, -0.2) is 20.8 Å². The Kier molecular flexibility index (Phi) is 2.76. The fourth-order valence-electron chi connectivity index (χ4n) is 1.42. The lowest BCUT2D eigenvalue weighted by molar-refractivity contribution is 0.0988. The summed E-state index contributed by atoms with van der Waals surface area (Å²) in [5, 5.41) is 7.49. The topological polar surface area (TPSA) is 47.8 Å². The maximum atomic E-state index is 13.3. The minimum absolute atomic E-state index is 0.0643. The van der Waals surface area contributed by atoms with Crippen molar-refractivity contribution in [3.63, 3.8) is 0 Å². The minimum atomic E-state index is -0.503. The number of benzene rings is 1. The first-order chi connectivity index (χ1) is 7.66. The van der Waals surface area contributed by atoms with Crippen molar-refractivity contribution in [3.05, 3.63) is 47.5 Å². The Hall–Kier alpha value is -2.04. The van der Waals surface area contributed by atoms with E-state index < -0.39 is 5.82 Å². The van der Waals surface area contributed by atoms with Gasteiger partial charge in [-0.1, -0.05) is 17.3 Å². The minimum Gasteiger partial charge on any atom is -0.294 e. The van der Waals surface area contributed by atoms with Crippen molar-refractivity contribution in [1.29, 1.82) is 0 Å². The van der Waals surface area contributed by atoms with E-state index in [0.29, 0.717) is 5.69 Å². The quantitative estimate of drug-likeness (QED) is 0.733. The number of hydrogen-bond acceptors (Lipinski definition) is 3. The first kappa shape index (κ1) is 10.5. The van der Waals surface area contributed by atoms with Crippen LogP contribution in [0, 0.1) is 5.82 Å². The highest BCUT2D eigenvalue weighted by Crippen LogP contribution is 2.09. The van der Waals surface area contributed by atoms with E-state index >= 15 is 0 Å². The number of rotatable bonds is 3. The van der Waals surface area contributed by atoms with Crippen LogP contribution < -0.4 is 0 Å². The molecule has 82 valence electrons. The lowest BCUT2D eigenvalue weighted by atomic mass is 10.1. The number of carbonyl (C=O) groups excluding carboxylic acids is 1. The van der Waals surface area contributed by atoms with E-state index in [4.69, 9.17) is 0 Å². The molecule has 0 fully saturated rings. The highest BCUT2D eigenvalue weighted by atomic mass is 19.1. The van der Waals surface area contributed by atoms with Gasteiger partial charge in [-0.3, -0.25) is 9.48 Å². The van der Waals surface area contributed by atoms with Gasteiger partial charge in [0.05, 0.1) is 17.7 Å². The van der Waals surface area contributed by atoms with Crippen LogP contribution in [0.4, 0.5) is 4.39 Å². The largest absolute Gasteiger partial charge is 0.294 e. The number of hydrogen-bond donors (Lipinski definition) is 0. The third-order valence-corrected chi connectivity index (χ3v) is 2.17. The first-order valence-corrected chi connectivity index (χ1v) is 4.80. The lowest BCUT2D eigenvalue weighted by Gasteiger charge is -1.99. The van der Waals surface area contributed by atoms with Crippen molar-refractivity contribution >= 4 is 5.78 Å². The second kappa shape index (κ2) is 4.22. The molecule has 0 aliphatic heterocycles. The summed E-state index contributed by atoms with van der Waals surface area (Å²) in [6, 6.07) is 5.92. The Morgan fingerprint density at radius 3 is 2.81 bits per heavy atom. The highest BCUT2D eigenvalue weighted by Gasteiger charge is 2.13. The molecule has 2 rings (SSSR count). The van der Waals surface area contributed by atoms with Gasteiger partial charge in [-0.15, -0.1) is 5.10 Å². The van der Waals surface area contributed by atoms with Crippen molar-refractivity contribution in [3.8, 4) is 0 Å². The average molecular weight is 219 g/mol. The molecule has 0 saturated heterocycles. The molecule has 0 saturated carbocycles. The number of aromatic nitrogens is 3. The van der Waals surface area contributed by atoms with Crippen molar-refractivity contribution in [1.82, 2.24) is 15.0 Å². The highest BCUT2D eigenvalue weighted by molar-refractivity contribution is 5.97. The fourth-order valence-corrected chi connectivity index (χ4v) is 1.42. The van der Waals surface area contributed by atoms with Crippen LogP contribution in [-0.2, 0) is 13.5 Å². The number of Topliss-reactive ketones (excluding diaryl/α,β-unsaturated/α-hetero) is 1. The van der Waals surface area contributed by atoms with Gasteiger partial charge in [0.1, 0.15) is 5.82 Å². The number of carbonyl (C=O) groups is 1. The summed E-state index contributed by atoms with van der Waals surface area (Å²) in [5.41, 5.74) is 0.629. The van der Waals surface area contributed by atoms with Crippen LogP contribution in [0.2, 0.25) is 0 Å². The van der Waals surface area contributed by atoms with Crippen LogP contribution in [0.1, 0.15) is 16.1 Å². The van der Waals surface area contributed by atoms with Gasteiger partial charge in [0.15, 0.2) is 5.78 Å². The molecule has 1 aromatic heterocycles. The van der Waals surface area contributed by atoms with Crippen LogP contribution in [0.5, 0.6) is 0 Å². The van der Waals surface area contributed by atoms with Crippen molar-refractivity contribution in [2.45, 2.75) is 6.42 Å². The van der Waals surface area contributed by atoms with Gasteiger partial charge >= 0.3 is 0 Å². The second-order valence-electron chi connectivity index (χ2n) is 3.46. The third-order valence-electron chi connectivity index (χ3n) is 2.17. The van der Waals surface area contributed by atoms with Gasteiger partial charge in [-0.2, -0.15) is 0 Å². The van der Waals surface area contributed by atoms with Gasteiger partial charge in [0.25, 0.3) is 0 Å². The molecule has 2 aromatic rings. The summed E-state index contributed by atoms with van der Waals surface area (Å²) in [6.07, 6.45) is 1.70. The molecule has 0 aliphatic rings. The monoisotopic (exact) mass is 219 g/mol. The van der Waals surface area contributed by atoms with Gasteiger partial charge in [-0.05, 0) is 12.1 Å².